The van der Waals surface area contributed by atoms with Crippen LogP contribution in [0.15, 0.2) is 46.5 Å². The molecule has 33 heavy (non-hydrogen) atoms. The molecule has 8 nitrogen and oxygen atoms in total. The van der Waals surface area contributed by atoms with Gasteiger partial charge in [-0.1, -0.05) is 0 Å². The van der Waals surface area contributed by atoms with Crippen LogP contribution in [0.5, 0.6) is 5.88 Å². The van der Waals surface area contributed by atoms with Gasteiger partial charge < -0.3 is 14.7 Å². The average molecular weight is 454 g/mol. The first kappa shape index (κ1) is 22.8. The molecule has 9 heteroatoms. The molecule has 1 N–H and O–H groups in total. The molecule has 0 spiro atoms. The van der Waals surface area contributed by atoms with Gasteiger partial charge in [0, 0.05) is 45.2 Å². The van der Waals surface area contributed by atoms with E-state index in [1.807, 2.05) is 0 Å². The van der Waals surface area contributed by atoms with Crippen LogP contribution in [0.4, 0.5) is 4.39 Å². The Morgan fingerprint density at radius 1 is 1.27 bits per heavy atom. The van der Waals surface area contributed by atoms with Gasteiger partial charge in [-0.15, -0.1) is 0 Å². The molecule has 2 aromatic heterocycles. The normalized spacial score (nSPS) is 18.0. The van der Waals surface area contributed by atoms with Crippen molar-refractivity contribution in [2.75, 3.05) is 27.2 Å². The number of pyridine rings is 1. The maximum absolute atomic E-state index is 14.7. The van der Waals surface area contributed by atoms with Crippen LogP contribution in [-0.2, 0) is 4.74 Å². The first-order valence-corrected chi connectivity index (χ1v) is 11.0. The lowest BCUT2D eigenvalue weighted by Crippen LogP contribution is -2.40. The summed E-state index contributed by atoms with van der Waals surface area (Å²) in [6.07, 6.45) is 7.43. The highest BCUT2D eigenvalue weighted by Gasteiger charge is 2.25. The largest absolute Gasteiger partial charge is 0.493 e. The average Bonchev–Trinajstić information content (AvgIpc) is 3.23. The lowest BCUT2D eigenvalue weighted by Gasteiger charge is -2.31. The summed E-state index contributed by atoms with van der Waals surface area (Å²) < 4.78 is 21.4. The number of rotatable bonds is 5. The predicted octanol–water partition coefficient (Wildman–Crippen LogP) is 3.72. The van der Waals surface area contributed by atoms with Crippen molar-refractivity contribution in [3.63, 3.8) is 0 Å². The van der Waals surface area contributed by atoms with Crippen molar-refractivity contribution in [1.82, 2.24) is 19.7 Å². The Morgan fingerprint density at radius 3 is 2.67 bits per heavy atom. The number of aromatic nitrogens is 3. The lowest BCUT2D eigenvalue weighted by atomic mass is 9.89. The smallest absolute Gasteiger partial charge is 0.255 e. The van der Waals surface area contributed by atoms with Crippen molar-refractivity contribution in [2.45, 2.75) is 38.7 Å². The fourth-order valence-corrected chi connectivity index (χ4v) is 4.38. The number of ether oxygens (including phenoxy) is 1. The lowest BCUT2D eigenvalue weighted by molar-refractivity contribution is 0.0350. The van der Waals surface area contributed by atoms with E-state index in [2.05, 4.69) is 15.1 Å². The van der Waals surface area contributed by atoms with Crippen LogP contribution in [0.2, 0.25) is 0 Å². The summed E-state index contributed by atoms with van der Waals surface area (Å²) in [5.41, 5.74) is 2.68. The molecule has 0 saturated carbocycles. The third-order valence-corrected chi connectivity index (χ3v) is 6.34. The van der Waals surface area contributed by atoms with Gasteiger partial charge in [-0.3, -0.25) is 9.79 Å². The number of hydrogen-bond acceptors (Lipinski definition) is 6. The highest BCUT2D eigenvalue weighted by molar-refractivity contribution is 5.94. The zero-order valence-electron chi connectivity index (χ0n) is 19.1. The van der Waals surface area contributed by atoms with Crippen LogP contribution in [0.1, 0.15) is 48.5 Å². The van der Waals surface area contributed by atoms with Crippen LogP contribution in [0, 0.1) is 0 Å². The Kier molecular flexibility index (Phi) is 6.69. The molecule has 1 amide bonds. The van der Waals surface area contributed by atoms with Crippen molar-refractivity contribution in [3.8, 4) is 11.7 Å². The minimum Gasteiger partial charge on any atom is -0.493 e. The van der Waals surface area contributed by atoms with Crippen LogP contribution in [0.3, 0.4) is 0 Å². The molecule has 174 valence electrons. The van der Waals surface area contributed by atoms with Crippen molar-refractivity contribution in [3.05, 3.63) is 52.6 Å². The van der Waals surface area contributed by atoms with Gasteiger partial charge in [0.05, 0.1) is 23.4 Å². The summed E-state index contributed by atoms with van der Waals surface area (Å²) in [4.78, 5) is 22.8. The molecule has 0 atom stereocenters. The van der Waals surface area contributed by atoms with Crippen LogP contribution in [0.25, 0.3) is 11.4 Å². The zero-order valence-corrected chi connectivity index (χ0v) is 19.1. The molecular weight excluding hydrogens is 425 g/mol. The molecular formula is C24H28FN5O3. The molecule has 0 bridgehead atoms. The first-order chi connectivity index (χ1) is 15.9. The van der Waals surface area contributed by atoms with Crippen LogP contribution in [-0.4, -0.2) is 70.2 Å². The van der Waals surface area contributed by atoms with E-state index < -0.39 is 0 Å². The Bertz CT molecular complexity index is 1130. The minimum atomic E-state index is -0.315. The molecule has 0 radical (unpaired) electrons. The number of allylic oxidation sites excluding steroid dienone is 4. The molecule has 1 aliphatic carbocycles. The number of hydrogen-bond donors (Lipinski definition) is 1. The molecule has 3 heterocycles. The summed E-state index contributed by atoms with van der Waals surface area (Å²) in [5, 5.41) is 15.1. The molecule has 1 saturated heterocycles. The second-order valence-corrected chi connectivity index (χ2v) is 8.26. The SMILES string of the molecule is C/N=C\C1=C(F)C(C)=C(c2cnn(-c3ccc(C(=O)N4CCC(OC)CC4)cn3)c2O)CC1. The molecule has 1 aliphatic heterocycles. The van der Waals surface area contributed by atoms with E-state index in [1.165, 1.54) is 23.3 Å². The number of halogens is 1. The number of piperidine rings is 1. The van der Waals surface area contributed by atoms with Gasteiger partial charge in [0.15, 0.2) is 5.82 Å². The van der Waals surface area contributed by atoms with Crippen molar-refractivity contribution in [1.29, 1.82) is 0 Å². The van der Waals surface area contributed by atoms with Gasteiger partial charge >= 0.3 is 0 Å². The van der Waals surface area contributed by atoms with E-state index in [-0.39, 0.29) is 23.7 Å². The monoisotopic (exact) mass is 453 g/mol. The van der Waals surface area contributed by atoms with E-state index in [9.17, 15) is 14.3 Å². The van der Waals surface area contributed by atoms with Gasteiger partial charge in [-0.25, -0.2) is 9.37 Å². The number of amides is 1. The second kappa shape index (κ2) is 9.66. The molecule has 1 fully saturated rings. The van der Waals surface area contributed by atoms with E-state index in [4.69, 9.17) is 4.74 Å². The summed E-state index contributed by atoms with van der Waals surface area (Å²) in [6, 6.07) is 3.32. The van der Waals surface area contributed by atoms with E-state index >= 15 is 0 Å². The molecule has 2 aromatic rings. The summed E-state index contributed by atoms with van der Waals surface area (Å²) in [7, 11) is 3.30. The third-order valence-electron chi connectivity index (χ3n) is 6.34. The van der Waals surface area contributed by atoms with Gasteiger partial charge in [0.25, 0.3) is 5.91 Å². The second-order valence-electron chi connectivity index (χ2n) is 8.26. The summed E-state index contributed by atoms with van der Waals surface area (Å²) in [6.45, 7) is 2.99. The fraction of sp³-hybridized carbons (Fsp3) is 0.417. The molecule has 0 unspecified atom stereocenters. The number of methoxy groups -OCH3 is 1. The number of aromatic hydroxyl groups is 1. The Hall–Kier alpha value is -3.33. The first-order valence-electron chi connectivity index (χ1n) is 11.0. The third kappa shape index (κ3) is 4.45. The maximum Gasteiger partial charge on any atom is 0.255 e. The predicted molar refractivity (Wildman–Crippen MR) is 123 cm³/mol. The van der Waals surface area contributed by atoms with E-state index in [0.717, 1.165) is 12.8 Å². The maximum atomic E-state index is 14.7. The minimum absolute atomic E-state index is 0.0781. The quantitative estimate of drug-likeness (QED) is 0.697. The standard InChI is InChI=1S/C24H28FN5O3/c1-15-19(6-4-16(12-26-2)22(15)25)20-14-28-30(24(20)32)21-7-5-17(13-27-21)23(31)29-10-8-18(33-3)9-11-29/h5,7,12-14,18,32H,4,6,8-11H2,1-3H3/b26-12-. The highest BCUT2D eigenvalue weighted by Crippen LogP contribution is 2.39. The van der Waals surface area contributed by atoms with E-state index in [1.54, 1.807) is 38.1 Å². The summed E-state index contributed by atoms with van der Waals surface area (Å²) >= 11 is 0. The number of carbonyl (C=O) groups excluding carboxylic acids is 1. The molecule has 4 rings (SSSR count). The topological polar surface area (TPSA) is 92.8 Å². The van der Waals surface area contributed by atoms with Gasteiger partial charge in [-0.05, 0) is 55.9 Å². The van der Waals surface area contributed by atoms with Crippen molar-refractivity contribution < 1.29 is 19.0 Å². The van der Waals surface area contributed by atoms with Crippen molar-refractivity contribution in [2.24, 2.45) is 4.99 Å². The number of nitrogens with zero attached hydrogens (tertiary/aromatic N) is 5. The Morgan fingerprint density at radius 2 is 2.03 bits per heavy atom. The Balaban J connectivity index is 1.54. The van der Waals surface area contributed by atoms with E-state index in [0.29, 0.717) is 59.6 Å². The number of carbonyl (C=O) groups is 1. The van der Waals surface area contributed by atoms with Gasteiger partial charge in [-0.2, -0.15) is 9.78 Å². The summed E-state index contributed by atoms with van der Waals surface area (Å²) in [5.74, 6) is -0.134. The van der Waals surface area contributed by atoms with Gasteiger partial charge in [0.1, 0.15) is 5.83 Å². The number of likely N-dealkylation sites (tertiary alicyclic amines) is 1. The van der Waals surface area contributed by atoms with Crippen LogP contribution < -0.4 is 0 Å². The number of aliphatic imine (C=N–C) groups is 1. The molecule has 2 aliphatic rings. The van der Waals surface area contributed by atoms with Crippen molar-refractivity contribution >= 4 is 17.7 Å². The highest BCUT2D eigenvalue weighted by atomic mass is 19.1. The van der Waals surface area contributed by atoms with Gasteiger partial charge in [0.2, 0.25) is 5.88 Å². The van der Waals surface area contributed by atoms with Crippen LogP contribution >= 0.6 is 0 Å². The Labute approximate surface area is 192 Å². The molecule has 0 aromatic carbocycles. The fourth-order valence-electron chi connectivity index (χ4n) is 4.38. The zero-order chi connectivity index (χ0) is 23.5.